The molecule has 0 fully saturated rings. The zero-order valence-corrected chi connectivity index (χ0v) is 12.8. The highest BCUT2D eigenvalue weighted by Gasteiger charge is 2.07. The van der Waals surface area contributed by atoms with Crippen LogP contribution in [0.3, 0.4) is 0 Å². The van der Waals surface area contributed by atoms with Crippen molar-refractivity contribution in [1.29, 1.82) is 0 Å². The van der Waals surface area contributed by atoms with Crippen molar-refractivity contribution in [2.45, 2.75) is 46.5 Å². The number of nitrogens with one attached hydrogen (secondary N) is 1. The zero-order chi connectivity index (χ0) is 13.6. The van der Waals surface area contributed by atoms with Gasteiger partial charge < -0.3 is 14.8 Å². The molecule has 0 saturated heterocycles. The van der Waals surface area contributed by atoms with Gasteiger partial charge in [-0.2, -0.15) is 0 Å². The first-order valence-corrected chi connectivity index (χ1v) is 7.48. The highest BCUT2D eigenvalue weighted by Crippen LogP contribution is 2.12. The van der Waals surface area contributed by atoms with E-state index in [1.165, 1.54) is 19.3 Å². The van der Waals surface area contributed by atoms with E-state index in [4.69, 9.17) is 9.47 Å². The number of ether oxygens (including phenoxy) is 2. The van der Waals surface area contributed by atoms with Gasteiger partial charge in [0, 0.05) is 13.7 Å². The lowest BCUT2D eigenvalue weighted by molar-refractivity contribution is 0.0670. The molecule has 0 aromatic heterocycles. The minimum Gasteiger partial charge on any atom is -0.382 e. The third-order valence-electron chi connectivity index (χ3n) is 3.02. The number of hydrogen-bond acceptors (Lipinski definition) is 3. The van der Waals surface area contributed by atoms with Gasteiger partial charge in [-0.05, 0) is 44.2 Å². The maximum atomic E-state index is 5.50. The fourth-order valence-corrected chi connectivity index (χ4v) is 2.05. The Morgan fingerprint density at radius 2 is 1.78 bits per heavy atom. The SMILES string of the molecule is CCCC(CCCOCCOC)CNCC(C)C. The molecule has 0 aliphatic heterocycles. The Bertz CT molecular complexity index is 163. The lowest BCUT2D eigenvalue weighted by atomic mass is 9.98. The van der Waals surface area contributed by atoms with E-state index in [2.05, 4.69) is 26.1 Å². The summed E-state index contributed by atoms with van der Waals surface area (Å²) in [5.41, 5.74) is 0. The van der Waals surface area contributed by atoms with Gasteiger partial charge in [0.15, 0.2) is 0 Å². The summed E-state index contributed by atoms with van der Waals surface area (Å²) in [5.74, 6) is 1.55. The second kappa shape index (κ2) is 13.3. The van der Waals surface area contributed by atoms with Gasteiger partial charge in [-0.3, -0.25) is 0 Å². The topological polar surface area (TPSA) is 30.5 Å². The van der Waals surface area contributed by atoms with E-state index in [1.807, 2.05) is 0 Å². The van der Waals surface area contributed by atoms with Gasteiger partial charge in [0.1, 0.15) is 0 Å². The third-order valence-corrected chi connectivity index (χ3v) is 3.02. The van der Waals surface area contributed by atoms with Crippen LogP contribution in [0.4, 0.5) is 0 Å². The fraction of sp³-hybridized carbons (Fsp3) is 1.00. The maximum absolute atomic E-state index is 5.50. The molecule has 1 unspecified atom stereocenters. The number of methoxy groups -OCH3 is 1. The predicted octanol–water partition coefficient (Wildman–Crippen LogP) is 3.09. The molecule has 0 aromatic carbocycles. The Morgan fingerprint density at radius 1 is 1.00 bits per heavy atom. The van der Waals surface area contributed by atoms with Crippen LogP contribution >= 0.6 is 0 Å². The Kier molecular flexibility index (Phi) is 13.2. The molecular weight excluding hydrogens is 226 g/mol. The molecule has 1 N–H and O–H groups in total. The van der Waals surface area contributed by atoms with Gasteiger partial charge in [-0.25, -0.2) is 0 Å². The summed E-state index contributed by atoms with van der Waals surface area (Å²) in [6.45, 7) is 11.4. The first-order chi connectivity index (χ1) is 8.70. The van der Waals surface area contributed by atoms with Crippen molar-refractivity contribution in [2.24, 2.45) is 11.8 Å². The van der Waals surface area contributed by atoms with Crippen LogP contribution in [0, 0.1) is 11.8 Å². The standard InChI is InChI=1S/C15H33NO2/c1-5-7-15(13-16-12-14(2)3)8-6-9-18-11-10-17-4/h14-16H,5-13H2,1-4H3. The van der Waals surface area contributed by atoms with E-state index < -0.39 is 0 Å². The van der Waals surface area contributed by atoms with Crippen LogP contribution in [-0.2, 0) is 9.47 Å². The molecular formula is C15H33NO2. The molecule has 3 nitrogen and oxygen atoms in total. The van der Waals surface area contributed by atoms with E-state index in [0.717, 1.165) is 44.6 Å². The van der Waals surface area contributed by atoms with Crippen molar-refractivity contribution in [3.8, 4) is 0 Å². The quantitative estimate of drug-likeness (QED) is 0.516. The molecule has 18 heavy (non-hydrogen) atoms. The summed E-state index contributed by atoms with van der Waals surface area (Å²) in [5, 5.41) is 3.57. The Balaban J connectivity index is 3.50. The van der Waals surface area contributed by atoms with Gasteiger partial charge in [0.05, 0.1) is 13.2 Å². The van der Waals surface area contributed by atoms with Crippen LogP contribution < -0.4 is 5.32 Å². The number of hydrogen-bond donors (Lipinski definition) is 1. The average molecular weight is 259 g/mol. The van der Waals surface area contributed by atoms with E-state index in [0.29, 0.717) is 6.61 Å². The smallest absolute Gasteiger partial charge is 0.0700 e. The molecule has 0 aliphatic carbocycles. The molecule has 0 rings (SSSR count). The molecule has 110 valence electrons. The maximum Gasteiger partial charge on any atom is 0.0700 e. The Morgan fingerprint density at radius 3 is 2.39 bits per heavy atom. The summed E-state index contributed by atoms with van der Waals surface area (Å²) in [7, 11) is 1.71. The lowest BCUT2D eigenvalue weighted by Crippen LogP contribution is -2.26. The Hall–Kier alpha value is -0.120. The molecule has 0 saturated carbocycles. The molecule has 0 amide bonds. The normalized spacial score (nSPS) is 13.2. The second-order valence-corrected chi connectivity index (χ2v) is 5.45. The number of rotatable bonds is 13. The summed E-state index contributed by atoms with van der Waals surface area (Å²) in [6.07, 6.45) is 5.03. The van der Waals surface area contributed by atoms with Crippen LogP contribution in [0.2, 0.25) is 0 Å². The highest BCUT2D eigenvalue weighted by molar-refractivity contribution is 4.63. The molecule has 0 radical (unpaired) electrons. The van der Waals surface area contributed by atoms with E-state index in [1.54, 1.807) is 7.11 Å². The molecule has 1 atom stereocenters. The molecule has 0 aliphatic rings. The predicted molar refractivity (Wildman–Crippen MR) is 78.0 cm³/mol. The molecule has 0 heterocycles. The van der Waals surface area contributed by atoms with Gasteiger partial charge in [-0.15, -0.1) is 0 Å². The largest absolute Gasteiger partial charge is 0.382 e. The minimum absolute atomic E-state index is 0.703. The van der Waals surface area contributed by atoms with Gasteiger partial charge in [-0.1, -0.05) is 27.2 Å². The molecule has 0 aromatic rings. The van der Waals surface area contributed by atoms with Crippen LogP contribution in [0.1, 0.15) is 46.5 Å². The minimum atomic E-state index is 0.703. The van der Waals surface area contributed by atoms with Crippen molar-refractivity contribution < 1.29 is 9.47 Å². The first-order valence-electron chi connectivity index (χ1n) is 7.48. The van der Waals surface area contributed by atoms with Crippen LogP contribution in [0.5, 0.6) is 0 Å². The summed E-state index contributed by atoms with van der Waals surface area (Å²) in [6, 6.07) is 0. The monoisotopic (exact) mass is 259 g/mol. The molecule has 0 spiro atoms. The third kappa shape index (κ3) is 12.3. The van der Waals surface area contributed by atoms with E-state index in [-0.39, 0.29) is 0 Å². The van der Waals surface area contributed by atoms with Crippen molar-refractivity contribution in [2.75, 3.05) is 40.0 Å². The van der Waals surface area contributed by atoms with Gasteiger partial charge in [0.2, 0.25) is 0 Å². The van der Waals surface area contributed by atoms with Crippen LogP contribution in [-0.4, -0.2) is 40.0 Å². The second-order valence-electron chi connectivity index (χ2n) is 5.45. The van der Waals surface area contributed by atoms with E-state index in [9.17, 15) is 0 Å². The van der Waals surface area contributed by atoms with Gasteiger partial charge >= 0.3 is 0 Å². The van der Waals surface area contributed by atoms with Crippen molar-refractivity contribution in [3.63, 3.8) is 0 Å². The zero-order valence-electron chi connectivity index (χ0n) is 12.8. The lowest BCUT2D eigenvalue weighted by Gasteiger charge is -2.17. The Labute approximate surface area is 114 Å². The average Bonchev–Trinajstić information content (AvgIpc) is 2.33. The summed E-state index contributed by atoms with van der Waals surface area (Å²) in [4.78, 5) is 0. The van der Waals surface area contributed by atoms with E-state index >= 15 is 0 Å². The fourth-order valence-electron chi connectivity index (χ4n) is 2.05. The first kappa shape index (κ1) is 17.9. The molecule has 3 heteroatoms. The molecule has 0 bridgehead atoms. The van der Waals surface area contributed by atoms with Crippen molar-refractivity contribution >= 4 is 0 Å². The van der Waals surface area contributed by atoms with Crippen molar-refractivity contribution in [1.82, 2.24) is 5.32 Å². The van der Waals surface area contributed by atoms with Gasteiger partial charge in [0.25, 0.3) is 0 Å². The van der Waals surface area contributed by atoms with Crippen LogP contribution in [0.25, 0.3) is 0 Å². The van der Waals surface area contributed by atoms with Crippen molar-refractivity contribution in [3.05, 3.63) is 0 Å². The summed E-state index contributed by atoms with van der Waals surface area (Å²) >= 11 is 0. The highest BCUT2D eigenvalue weighted by atomic mass is 16.5. The van der Waals surface area contributed by atoms with Crippen LogP contribution in [0.15, 0.2) is 0 Å². The summed E-state index contributed by atoms with van der Waals surface area (Å²) < 4.78 is 10.4.